The van der Waals surface area contributed by atoms with Crippen LogP contribution in [-0.4, -0.2) is 49.9 Å². The summed E-state index contributed by atoms with van der Waals surface area (Å²) in [5.41, 5.74) is 5.81. The van der Waals surface area contributed by atoms with E-state index in [4.69, 9.17) is 10.5 Å². The summed E-state index contributed by atoms with van der Waals surface area (Å²) < 4.78 is 32.2. The summed E-state index contributed by atoms with van der Waals surface area (Å²) in [5.74, 6) is -0.793. The molecule has 0 aliphatic carbocycles. The molecule has 3 rings (SSSR count). The molecule has 2 heterocycles. The van der Waals surface area contributed by atoms with Gasteiger partial charge in [-0.3, -0.25) is 4.79 Å². The van der Waals surface area contributed by atoms with E-state index in [2.05, 4.69) is 4.98 Å². The van der Waals surface area contributed by atoms with Gasteiger partial charge in [0.15, 0.2) is 0 Å². The summed E-state index contributed by atoms with van der Waals surface area (Å²) in [4.78, 5) is 14.4. The molecule has 1 aliphatic heterocycles. The second-order valence-corrected chi connectivity index (χ2v) is 6.63. The van der Waals surface area contributed by atoms with E-state index in [9.17, 15) is 13.2 Å². The number of nitrogens with two attached hydrogens (primary N) is 1. The van der Waals surface area contributed by atoms with Crippen LogP contribution in [0.4, 0.5) is 0 Å². The third-order valence-corrected chi connectivity index (χ3v) is 5.46. The number of primary amides is 1. The number of ether oxygens (including phenoxy) is 1. The largest absolute Gasteiger partial charge is 0.379 e. The average molecular weight is 339 g/mol. The fourth-order valence-electron chi connectivity index (χ4n) is 2.47. The highest BCUT2D eigenvalue weighted by Gasteiger charge is 2.33. The van der Waals surface area contributed by atoms with Crippen LogP contribution < -0.4 is 5.73 Å². The maximum Gasteiger partial charge on any atom is 0.266 e. The Hall–Kier alpha value is -1.90. The summed E-state index contributed by atoms with van der Waals surface area (Å²) in [6.07, 6.45) is 0. The predicted molar refractivity (Wildman–Crippen MR) is 87.7 cm³/mol. The van der Waals surface area contributed by atoms with Crippen LogP contribution in [0, 0.1) is 0 Å². The van der Waals surface area contributed by atoms with Gasteiger partial charge in [-0.05, 0) is 6.07 Å². The Morgan fingerprint density at radius 2 is 1.83 bits per heavy atom. The van der Waals surface area contributed by atoms with E-state index >= 15 is 0 Å². The smallest absolute Gasteiger partial charge is 0.266 e. The highest BCUT2D eigenvalue weighted by atomic mass is 32.2. The van der Waals surface area contributed by atoms with Crippen LogP contribution in [0.3, 0.4) is 0 Å². The zero-order valence-electron chi connectivity index (χ0n) is 13.2. The average Bonchev–Trinajstić information content (AvgIpc) is 2.98. The van der Waals surface area contributed by atoms with E-state index in [0.717, 1.165) is 0 Å². The van der Waals surface area contributed by atoms with E-state index < -0.39 is 15.9 Å². The lowest BCUT2D eigenvalue weighted by Gasteiger charge is -2.26. The molecule has 23 heavy (non-hydrogen) atoms. The molecule has 8 heteroatoms. The molecule has 1 amide bonds. The molecule has 0 unspecified atom stereocenters. The molecular weight excluding hydrogens is 318 g/mol. The number of morpholine rings is 1. The van der Waals surface area contributed by atoms with Gasteiger partial charge in [0.25, 0.3) is 5.91 Å². The third-order valence-electron chi connectivity index (χ3n) is 3.47. The number of fused-ring (bicyclic) bond motifs is 1. The van der Waals surface area contributed by atoms with Crippen LogP contribution in [-0.2, 0) is 14.8 Å². The van der Waals surface area contributed by atoms with Crippen molar-refractivity contribution in [1.82, 2.24) is 9.29 Å². The molecule has 1 aromatic carbocycles. The van der Waals surface area contributed by atoms with Gasteiger partial charge in [0, 0.05) is 24.0 Å². The van der Waals surface area contributed by atoms with Crippen molar-refractivity contribution in [2.24, 2.45) is 5.73 Å². The van der Waals surface area contributed by atoms with Crippen molar-refractivity contribution >= 4 is 26.8 Å². The first-order valence-corrected chi connectivity index (χ1v) is 8.94. The van der Waals surface area contributed by atoms with Crippen molar-refractivity contribution < 1.29 is 17.9 Å². The number of carbonyl (C=O) groups excluding carboxylic acids is 1. The quantitative estimate of drug-likeness (QED) is 0.879. The number of aromatic nitrogens is 1. The van der Waals surface area contributed by atoms with Gasteiger partial charge >= 0.3 is 0 Å². The molecule has 0 bridgehead atoms. The highest BCUT2D eigenvalue weighted by molar-refractivity contribution is 7.89. The number of nitrogens with one attached hydrogen (secondary N) is 1. The van der Waals surface area contributed by atoms with Gasteiger partial charge in [-0.25, -0.2) is 8.42 Å². The second kappa shape index (κ2) is 7.12. The lowest BCUT2D eigenvalue weighted by Crippen LogP contribution is -2.41. The molecule has 1 fully saturated rings. The van der Waals surface area contributed by atoms with Crippen molar-refractivity contribution in [1.29, 1.82) is 0 Å². The fraction of sp³-hybridized carbons (Fsp3) is 0.400. The van der Waals surface area contributed by atoms with Gasteiger partial charge in [0.1, 0.15) is 10.6 Å². The Kier molecular flexibility index (Phi) is 5.40. The van der Waals surface area contributed by atoms with E-state index in [-0.39, 0.29) is 23.7 Å². The number of para-hydroxylation sites is 1. The number of hydrogen-bond acceptors (Lipinski definition) is 4. The summed E-state index contributed by atoms with van der Waals surface area (Å²) >= 11 is 0. The number of benzene rings is 1. The van der Waals surface area contributed by atoms with Crippen LogP contribution in [0.25, 0.3) is 10.9 Å². The van der Waals surface area contributed by atoms with Crippen LogP contribution in [0.5, 0.6) is 0 Å². The van der Waals surface area contributed by atoms with Crippen molar-refractivity contribution in [2.45, 2.75) is 18.7 Å². The number of nitrogens with zero attached hydrogens (tertiary/aromatic N) is 1. The van der Waals surface area contributed by atoms with Gasteiger partial charge in [-0.1, -0.05) is 32.0 Å². The van der Waals surface area contributed by atoms with E-state index in [1.807, 2.05) is 13.8 Å². The topological polar surface area (TPSA) is 105 Å². The minimum atomic E-state index is -3.80. The summed E-state index contributed by atoms with van der Waals surface area (Å²) in [6.45, 7) is 5.21. The Bertz CT molecular complexity index is 792. The SMILES string of the molecule is CC.NC(=O)c1[nH]c2ccccc2c1S(=O)(=O)N1CCOCC1. The minimum Gasteiger partial charge on any atom is -0.379 e. The number of H-pyrrole nitrogens is 1. The van der Waals surface area contributed by atoms with Crippen LogP contribution in [0.15, 0.2) is 29.2 Å². The standard InChI is InChI=1S/C13H15N3O4S.C2H6/c14-13(17)11-12(9-3-1-2-4-10(9)15-11)21(18,19)16-5-7-20-8-6-16;1-2/h1-4,15H,5-8H2,(H2,14,17);1-2H3. The normalized spacial score (nSPS) is 15.9. The predicted octanol–water partition coefficient (Wildman–Crippen LogP) is 1.31. The van der Waals surface area contributed by atoms with Crippen molar-refractivity contribution in [3.63, 3.8) is 0 Å². The molecule has 0 radical (unpaired) electrons. The maximum absolute atomic E-state index is 12.8. The molecule has 0 spiro atoms. The number of hydrogen-bond donors (Lipinski definition) is 2. The lowest BCUT2D eigenvalue weighted by molar-refractivity contribution is 0.0730. The Morgan fingerprint density at radius 1 is 1.22 bits per heavy atom. The molecule has 126 valence electrons. The molecule has 2 aromatic rings. The van der Waals surface area contributed by atoms with E-state index in [1.165, 1.54) is 4.31 Å². The van der Waals surface area contributed by atoms with Crippen LogP contribution in [0.2, 0.25) is 0 Å². The number of carbonyl (C=O) groups is 1. The molecule has 3 N–H and O–H groups in total. The third kappa shape index (κ3) is 3.24. The number of rotatable bonds is 3. The van der Waals surface area contributed by atoms with Gasteiger partial charge in [-0.15, -0.1) is 0 Å². The van der Waals surface area contributed by atoms with Crippen molar-refractivity contribution in [2.75, 3.05) is 26.3 Å². The summed E-state index contributed by atoms with van der Waals surface area (Å²) in [6, 6.07) is 6.85. The van der Waals surface area contributed by atoms with Gasteiger partial charge in [-0.2, -0.15) is 4.31 Å². The van der Waals surface area contributed by atoms with Crippen LogP contribution >= 0.6 is 0 Å². The maximum atomic E-state index is 12.8. The zero-order valence-corrected chi connectivity index (χ0v) is 14.0. The number of amides is 1. The summed E-state index contributed by atoms with van der Waals surface area (Å²) in [7, 11) is -3.80. The van der Waals surface area contributed by atoms with E-state index in [0.29, 0.717) is 24.1 Å². The first-order valence-electron chi connectivity index (χ1n) is 7.50. The Balaban J connectivity index is 0.000000924. The number of aromatic amines is 1. The monoisotopic (exact) mass is 339 g/mol. The van der Waals surface area contributed by atoms with E-state index in [1.54, 1.807) is 24.3 Å². The Labute approximate surface area is 135 Å². The fourth-order valence-corrected chi connectivity index (χ4v) is 4.23. The molecule has 0 atom stereocenters. The first kappa shape index (κ1) is 17.5. The van der Waals surface area contributed by atoms with Crippen LogP contribution in [0.1, 0.15) is 24.3 Å². The Morgan fingerprint density at radius 3 is 2.43 bits per heavy atom. The molecule has 1 aromatic heterocycles. The zero-order chi connectivity index (χ0) is 17.0. The first-order chi connectivity index (χ1) is 11.0. The molecule has 1 aliphatic rings. The number of sulfonamides is 1. The minimum absolute atomic E-state index is 0.0486. The van der Waals surface area contributed by atoms with Crippen molar-refractivity contribution in [3.05, 3.63) is 30.0 Å². The summed E-state index contributed by atoms with van der Waals surface area (Å²) in [5, 5.41) is 0.470. The molecule has 7 nitrogen and oxygen atoms in total. The highest BCUT2D eigenvalue weighted by Crippen LogP contribution is 2.29. The molecular formula is C15H21N3O4S. The second-order valence-electron chi connectivity index (χ2n) is 4.76. The molecule has 1 saturated heterocycles. The van der Waals surface area contributed by atoms with Gasteiger partial charge in [0.2, 0.25) is 10.0 Å². The van der Waals surface area contributed by atoms with Gasteiger partial charge in [0.05, 0.1) is 13.2 Å². The van der Waals surface area contributed by atoms with Gasteiger partial charge < -0.3 is 15.5 Å². The molecule has 0 saturated carbocycles. The van der Waals surface area contributed by atoms with Crippen molar-refractivity contribution in [3.8, 4) is 0 Å². The lowest BCUT2D eigenvalue weighted by atomic mass is 10.2.